The first-order valence-corrected chi connectivity index (χ1v) is 20.4. The van der Waals surface area contributed by atoms with Gasteiger partial charge in [0.05, 0.1) is 31.5 Å². The summed E-state index contributed by atoms with van der Waals surface area (Å²) < 4.78 is 12.1. The molecule has 58 heavy (non-hydrogen) atoms. The second kappa shape index (κ2) is 13.4. The van der Waals surface area contributed by atoms with Crippen LogP contribution in [0.15, 0.2) is 53.7 Å². The summed E-state index contributed by atoms with van der Waals surface area (Å²) in [5.74, 6) is -1.70. The summed E-state index contributed by atoms with van der Waals surface area (Å²) in [7, 11) is 2.87. The molecule has 1 saturated carbocycles. The van der Waals surface area contributed by atoms with E-state index in [9.17, 15) is 30.4 Å². The summed E-state index contributed by atoms with van der Waals surface area (Å²) in [5.41, 5.74) is 5.80. The van der Waals surface area contributed by atoms with E-state index in [-0.39, 0.29) is 18.1 Å². The normalized spacial score (nSPS) is 37.3. The van der Waals surface area contributed by atoms with Crippen LogP contribution in [0.5, 0.6) is 5.75 Å². The number of benzene rings is 2. The molecule has 1 spiro atoms. The monoisotopic (exact) mass is 793 g/mol. The molecule has 2 saturated heterocycles. The van der Waals surface area contributed by atoms with Gasteiger partial charge in [0.25, 0.3) is 5.91 Å². The number of hydrogen-bond donors (Lipinski definition) is 4. The number of anilines is 1. The van der Waals surface area contributed by atoms with Crippen LogP contribution in [-0.2, 0) is 36.4 Å². The van der Waals surface area contributed by atoms with E-state index in [1.165, 1.54) is 19.1 Å². The largest absolute Gasteiger partial charge is 0.496 e. The maximum Gasteiger partial charge on any atom is 0.322 e. The van der Waals surface area contributed by atoms with Gasteiger partial charge in [-0.2, -0.15) is 0 Å². The van der Waals surface area contributed by atoms with Crippen LogP contribution in [0, 0.1) is 11.3 Å². The van der Waals surface area contributed by atoms with Gasteiger partial charge in [-0.25, -0.2) is 0 Å². The number of aromatic nitrogens is 1. The third-order valence-corrected chi connectivity index (χ3v) is 15.2. The zero-order valence-corrected chi connectivity index (χ0v) is 33.3. The predicted molar refractivity (Wildman–Crippen MR) is 213 cm³/mol. The van der Waals surface area contributed by atoms with Crippen molar-refractivity contribution in [3.63, 3.8) is 0 Å². The van der Waals surface area contributed by atoms with E-state index in [2.05, 4.69) is 24.8 Å². The Labute approximate surface area is 336 Å². The Hall–Kier alpha value is -4.76. The van der Waals surface area contributed by atoms with Gasteiger partial charge in [0.1, 0.15) is 17.3 Å². The molecule has 1 aliphatic carbocycles. The quantitative estimate of drug-likeness (QED) is 0.0683. The maximum absolute atomic E-state index is 15.2. The Morgan fingerprint density at radius 1 is 1.09 bits per heavy atom. The molecule has 3 fully saturated rings. The Morgan fingerprint density at radius 2 is 1.88 bits per heavy atom. The van der Waals surface area contributed by atoms with Gasteiger partial charge in [0, 0.05) is 76.2 Å². The van der Waals surface area contributed by atoms with E-state index in [1.807, 2.05) is 56.3 Å². The number of H-pyrrole nitrogens is 1. The molecule has 10 atom stereocenters. The van der Waals surface area contributed by atoms with Crippen molar-refractivity contribution >= 4 is 34.9 Å². The van der Waals surface area contributed by atoms with E-state index in [0.29, 0.717) is 93.7 Å². The van der Waals surface area contributed by atoms with Crippen LogP contribution in [0.4, 0.5) is 5.69 Å². The van der Waals surface area contributed by atoms with Crippen molar-refractivity contribution in [3.05, 3.63) is 81.4 Å². The average molecular weight is 794 g/mol. The second-order valence-corrected chi connectivity index (χ2v) is 17.5. The molecular weight excluding hydrogens is 743 g/mol. The number of aliphatic hydroxyl groups is 3. The highest BCUT2D eigenvalue weighted by atomic mass is 16.5. The minimum absolute atomic E-state index is 0.167. The number of nitrogens with zero attached hydrogens (tertiary/aromatic N) is 6. The fraction of sp³-hybridized carbons (Fsp3) is 0.558. The number of azide groups is 1. The molecule has 9 rings (SSSR count). The lowest BCUT2D eigenvalue weighted by molar-refractivity contribution is -0.201. The molecule has 3 aromatic rings. The number of fused-ring (bicyclic) bond motifs is 6. The van der Waals surface area contributed by atoms with Gasteiger partial charge in [-0.3, -0.25) is 24.2 Å². The highest BCUT2D eigenvalue weighted by Crippen LogP contribution is 2.68. The zero-order chi connectivity index (χ0) is 41.0. The average Bonchev–Trinajstić information content (AvgIpc) is 3.91. The smallest absolute Gasteiger partial charge is 0.322 e. The standard InChI is InChI=1S/C43H51N7O8/c1-5-39(55)20-25-21-42(38(54)58-4,33-27(12-16-48(22-25)23-39)26-10-7-8-11-30(26)45-33)29-18-28-31(19-32(29)57-3)50(24-51)35-41(28)14-17-49-15-9-13-40(6-2,34(41)49)36(52)43(35,56)37(53)46-47-44/h7-11,13,18-19,24-25,34-36,45,52,55-56H,5-6,12,14-17,20-23H2,1-4H3/t25?,34-,35+,36+,39-,40+,41+,42-,43-/m0/s1. The summed E-state index contributed by atoms with van der Waals surface area (Å²) in [5, 5.41) is 41.5. The van der Waals surface area contributed by atoms with Crippen LogP contribution >= 0.6 is 0 Å². The number of para-hydroxylation sites is 1. The van der Waals surface area contributed by atoms with Crippen molar-refractivity contribution in [3.8, 4) is 5.75 Å². The van der Waals surface area contributed by atoms with Crippen molar-refractivity contribution in [1.29, 1.82) is 0 Å². The van der Waals surface area contributed by atoms with E-state index < -0.39 is 57.5 Å². The number of carbonyl (C=O) groups is 3. The van der Waals surface area contributed by atoms with E-state index in [4.69, 9.17) is 9.47 Å². The van der Waals surface area contributed by atoms with Crippen molar-refractivity contribution in [2.75, 3.05) is 51.8 Å². The molecule has 2 amide bonds. The van der Waals surface area contributed by atoms with Crippen LogP contribution < -0.4 is 9.64 Å². The molecule has 5 aliphatic heterocycles. The number of aromatic amines is 1. The molecule has 6 aliphatic rings. The number of amides is 2. The molecule has 1 aromatic heterocycles. The Balaban J connectivity index is 1.38. The predicted octanol–water partition coefficient (Wildman–Crippen LogP) is 3.61. The van der Waals surface area contributed by atoms with Crippen molar-refractivity contribution in [2.24, 2.45) is 16.4 Å². The van der Waals surface area contributed by atoms with Gasteiger partial charge >= 0.3 is 5.97 Å². The number of ether oxygens (including phenoxy) is 2. The summed E-state index contributed by atoms with van der Waals surface area (Å²) in [4.78, 5) is 55.1. The number of methoxy groups -OCH3 is 2. The van der Waals surface area contributed by atoms with Gasteiger partial charge in [-0.05, 0) is 84.9 Å². The lowest BCUT2D eigenvalue weighted by Crippen LogP contribution is -2.80. The minimum Gasteiger partial charge on any atom is -0.496 e. The van der Waals surface area contributed by atoms with Crippen LogP contribution in [0.1, 0.15) is 68.3 Å². The summed E-state index contributed by atoms with van der Waals surface area (Å²) in [6, 6.07) is 9.67. The van der Waals surface area contributed by atoms with E-state index in [0.717, 1.165) is 16.5 Å². The summed E-state index contributed by atoms with van der Waals surface area (Å²) in [6.07, 6.45) is 5.12. The number of esters is 1. The minimum atomic E-state index is -2.72. The number of carbonyl (C=O) groups excluding carboxylic acids is 3. The molecular formula is C43H51N7O8. The summed E-state index contributed by atoms with van der Waals surface area (Å²) >= 11 is 0. The number of rotatable bonds is 7. The molecule has 0 radical (unpaired) electrons. The molecule has 6 heterocycles. The van der Waals surface area contributed by atoms with Crippen LogP contribution in [0.2, 0.25) is 0 Å². The van der Waals surface area contributed by atoms with E-state index in [1.54, 1.807) is 6.07 Å². The molecule has 2 unspecified atom stereocenters. The first-order valence-electron chi connectivity index (χ1n) is 20.4. The second-order valence-electron chi connectivity index (χ2n) is 17.5. The molecule has 15 heteroatoms. The van der Waals surface area contributed by atoms with Crippen molar-refractivity contribution in [2.45, 2.75) is 92.6 Å². The fourth-order valence-corrected chi connectivity index (χ4v) is 13.0. The van der Waals surface area contributed by atoms with Crippen molar-refractivity contribution < 1.29 is 39.2 Å². The number of hydrogen-bond acceptors (Lipinski definition) is 10. The van der Waals surface area contributed by atoms with Gasteiger partial charge < -0.3 is 34.7 Å². The molecule has 306 valence electrons. The van der Waals surface area contributed by atoms with Gasteiger partial charge in [0.2, 0.25) is 6.41 Å². The maximum atomic E-state index is 15.2. The lowest BCUT2D eigenvalue weighted by Gasteiger charge is -2.63. The Kier molecular flexibility index (Phi) is 8.94. The van der Waals surface area contributed by atoms with E-state index >= 15 is 4.79 Å². The number of aliphatic hydroxyl groups excluding tert-OH is 1. The highest BCUT2D eigenvalue weighted by molar-refractivity contribution is 5.97. The topological polar surface area (TPSA) is 205 Å². The lowest BCUT2D eigenvalue weighted by atomic mass is 9.47. The van der Waals surface area contributed by atoms with Gasteiger partial charge in [-0.15, -0.1) is 0 Å². The molecule has 2 bridgehead atoms. The molecule has 2 aromatic carbocycles. The molecule has 4 N–H and O–H groups in total. The zero-order valence-electron chi connectivity index (χ0n) is 33.3. The first-order chi connectivity index (χ1) is 27.9. The third-order valence-electron chi connectivity index (χ3n) is 15.2. The third kappa shape index (κ3) is 4.79. The number of piperidine rings is 1. The van der Waals surface area contributed by atoms with Crippen LogP contribution in [-0.4, -0.2) is 125 Å². The summed E-state index contributed by atoms with van der Waals surface area (Å²) in [6.45, 7) is 6.76. The Bertz CT molecular complexity index is 2310. The number of nitrogens with one attached hydrogen (secondary N) is 1. The fourth-order valence-electron chi connectivity index (χ4n) is 13.0. The Morgan fingerprint density at radius 3 is 2.59 bits per heavy atom. The highest BCUT2D eigenvalue weighted by Gasteiger charge is 2.79. The molecule has 15 nitrogen and oxygen atoms in total. The SMILES string of the molecule is CC[C@]1(O)CC2CN(CCc3c([nH]c4ccccc34)[C@@](C(=O)OC)(c3cc4c(cc3OC)N(C=O)[C@H]3[C@@](O)(C(=O)N=[N+]=[N-])[C@H](O)[C@]5(CC)C=CCN6CC[C@]43[C@@H]65)C2)C1. The first kappa shape index (κ1) is 38.7. The van der Waals surface area contributed by atoms with Crippen molar-refractivity contribution in [1.82, 2.24) is 14.8 Å². The van der Waals surface area contributed by atoms with Crippen LogP contribution in [0.25, 0.3) is 21.3 Å². The van der Waals surface area contributed by atoms with Gasteiger partial charge in [0.15, 0.2) is 5.60 Å². The van der Waals surface area contributed by atoms with Gasteiger partial charge in [-0.1, -0.05) is 44.2 Å². The van der Waals surface area contributed by atoms with Crippen LogP contribution in [0.3, 0.4) is 0 Å².